The number of hydrogen-bond donors (Lipinski definition) is 2. The van der Waals surface area contributed by atoms with E-state index in [0.717, 1.165) is 6.07 Å². The molecule has 0 aromatic heterocycles. The van der Waals surface area contributed by atoms with Crippen LogP contribution in [-0.2, 0) is 0 Å². The number of nitro groups is 1. The predicted molar refractivity (Wildman–Crippen MR) is 84.3 cm³/mol. The molecular formula is C15H8ClN3O5. The van der Waals surface area contributed by atoms with Gasteiger partial charge in [-0.2, -0.15) is 0 Å². The Kier molecular flexibility index (Phi) is 3.74. The van der Waals surface area contributed by atoms with Gasteiger partial charge in [-0.15, -0.1) is 0 Å². The number of nitro benzene ring substituents is 1. The van der Waals surface area contributed by atoms with Gasteiger partial charge in [0.15, 0.2) is 0 Å². The standard InChI is InChI=1S/C15H8ClN3O5/c16-7-1-4-12(19(23)24)11(5-7)15(22)17-8-2-3-9-10(6-8)14(21)18-13(9)20/h1-6H,(H,17,22)(H,18,20,21). The number of fused-ring (bicyclic) bond motifs is 1. The maximum absolute atomic E-state index is 12.3. The zero-order valence-electron chi connectivity index (χ0n) is 11.8. The second kappa shape index (κ2) is 5.74. The third-order valence-electron chi connectivity index (χ3n) is 3.39. The fourth-order valence-corrected chi connectivity index (χ4v) is 2.47. The average molecular weight is 346 g/mol. The van der Waals surface area contributed by atoms with Crippen LogP contribution in [0.1, 0.15) is 31.1 Å². The fourth-order valence-electron chi connectivity index (χ4n) is 2.29. The molecule has 2 N–H and O–H groups in total. The van der Waals surface area contributed by atoms with Gasteiger partial charge in [-0.05, 0) is 30.3 Å². The van der Waals surface area contributed by atoms with Crippen LogP contribution >= 0.6 is 11.6 Å². The van der Waals surface area contributed by atoms with Crippen molar-refractivity contribution in [2.24, 2.45) is 0 Å². The molecule has 8 nitrogen and oxygen atoms in total. The van der Waals surface area contributed by atoms with E-state index < -0.39 is 28.3 Å². The van der Waals surface area contributed by atoms with Crippen LogP contribution in [0.15, 0.2) is 36.4 Å². The van der Waals surface area contributed by atoms with E-state index in [1.807, 2.05) is 0 Å². The van der Waals surface area contributed by atoms with Gasteiger partial charge >= 0.3 is 0 Å². The predicted octanol–water partition coefficient (Wildman–Crippen LogP) is 2.38. The highest BCUT2D eigenvalue weighted by atomic mass is 35.5. The summed E-state index contributed by atoms with van der Waals surface area (Å²) in [4.78, 5) is 45.7. The molecule has 0 fully saturated rings. The van der Waals surface area contributed by atoms with Crippen molar-refractivity contribution in [3.05, 3.63) is 68.2 Å². The molecule has 3 amide bonds. The van der Waals surface area contributed by atoms with Crippen molar-refractivity contribution in [2.45, 2.75) is 0 Å². The first-order chi connectivity index (χ1) is 11.4. The van der Waals surface area contributed by atoms with Crippen LogP contribution in [0.2, 0.25) is 5.02 Å². The number of carbonyl (C=O) groups is 3. The monoisotopic (exact) mass is 345 g/mol. The van der Waals surface area contributed by atoms with E-state index in [-0.39, 0.29) is 27.4 Å². The van der Waals surface area contributed by atoms with Gasteiger partial charge in [-0.3, -0.25) is 29.8 Å². The highest BCUT2D eigenvalue weighted by Crippen LogP contribution is 2.25. The molecule has 0 atom stereocenters. The molecule has 0 spiro atoms. The Bertz CT molecular complexity index is 925. The largest absolute Gasteiger partial charge is 0.322 e. The highest BCUT2D eigenvalue weighted by Gasteiger charge is 2.27. The molecule has 1 heterocycles. The van der Waals surface area contributed by atoms with Crippen molar-refractivity contribution >= 4 is 40.7 Å². The first-order valence-corrected chi connectivity index (χ1v) is 6.99. The maximum atomic E-state index is 12.3. The minimum atomic E-state index is -0.756. The number of rotatable bonds is 3. The average Bonchev–Trinajstić information content (AvgIpc) is 2.81. The third-order valence-corrected chi connectivity index (χ3v) is 3.63. The van der Waals surface area contributed by atoms with Crippen LogP contribution in [0, 0.1) is 10.1 Å². The van der Waals surface area contributed by atoms with E-state index >= 15 is 0 Å². The molecule has 0 saturated carbocycles. The molecular weight excluding hydrogens is 338 g/mol. The van der Waals surface area contributed by atoms with Gasteiger partial charge in [-0.1, -0.05) is 11.6 Å². The van der Waals surface area contributed by atoms with Crippen molar-refractivity contribution in [1.29, 1.82) is 0 Å². The van der Waals surface area contributed by atoms with Crippen LogP contribution in [0.4, 0.5) is 11.4 Å². The summed E-state index contributed by atoms with van der Waals surface area (Å²) < 4.78 is 0. The van der Waals surface area contributed by atoms with Crippen LogP contribution in [0.5, 0.6) is 0 Å². The molecule has 0 saturated heterocycles. The van der Waals surface area contributed by atoms with E-state index in [0.29, 0.717) is 0 Å². The van der Waals surface area contributed by atoms with Gasteiger partial charge in [0.25, 0.3) is 23.4 Å². The summed E-state index contributed by atoms with van der Waals surface area (Å²) in [6, 6.07) is 7.75. The number of amides is 3. The Balaban J connectivity index is 1.93. The number of anilines is 1. The molecule has 0 unspecified atom stereocenters. The lowest BCUT2D eigenvalue weighted by Crippen LogP contribution is -2.19. The van der Waals surface area contributed by atoms with Crippen LogP contribution in [0.25, 0.3) is 0 Å². The molecule has 120 valence electrons. The summed E-state index contributed by atoms with van der Waals surface area (Å²) in [5, 5.41) is 15.8. The summed E-state index contributed by atoms with van der Waals surface area (Å²) in [5.74, 6) is -1.84. The number of benzene rings is 2. The van der Waals surface area contributed by atoms with Crippen LogP contribution < -0.4 is 10.6 Å². The highest BCUT2D eigenvalue weighted by molar-refractivity contribution is 6.31. The molecule has 0 radical (unpaired) electrons. The van der Waals surface area contributed by atoms with E-state index in [2.05, 4.69) is 10.6 Å². The van der Waals surface area contributed by atoms with Crippen LogP contribution in [-0.4, -0.2) is 22.6 Å². The summed E-state index contributed by atoms with van der Waals surface area (Å²) in [7, 11) is 0. The van der Waals surface area contributed by atoms with E-state index in [1.165, 1.54) is 30.3 Å². The van der Waals surface area contributed by atoms with E-state index in [1.54, 1.807) is 0 Å². The zero-order valence-corrected chi connectivity index (χ0v) is 12.6. The lowest BCUT2D eigenvalue weighted by Gasteiger charge is -2.07. The number of nitrogens with zero attached hydrogens (tertiary/aromatic N) is 1. The fraction of sp³-hybridized carbons (Fsp3) is 0. The molecule has 24 heavy (non-hydrogen) atoms. The van der Waals surface area contributed by atoms with Gasteiger partial charge < -0.3 is 5.32 Å². The maximum Gasteiger partial charge on any atom is 0.282 e. The normalized spacial score (nSPS) is 12.5. The molecule has 2 aromatic rings. The number of imide groups is 1. The Hall–Kier alpha value is -3.26. The molecule has 1 aliphatic rings. The Morgan fingerprint density at radius 2 is 1.79 bits per heavy atom. The van der Waals surface area contributed by atoms with Gasteiger partial charge in [0.1, 0.15) is 5.56 Å². The van der Waals surface area contributed by atoms with E-state index in [9.17, 15) is 24.5 Å². The Morgan fingerprint density at radius 1 is 1.08 bits per heavy atom. The molecule has 1 aliphatic heterocycles. The van der Waals surface area contributed by atoms with Gasteiger partial charge in [0, 0.05) is 16.8 Å². The second-order valence-corrected chi connectivity index (χ2v) is 5.35. The second-order valence-electron chi connectivity index (χ2n) is 4.92. The number of hydrogen-bond acceptors (Lipinski definition) is 5. The molecule has 2 aromatic carbocycles. The SMILES string of the molecule is O=C1NC(=O)c2cc(NC(=O)c3cc(Cl)ccc3[N+](=O)[O-])ccc21. The van der Waals surface area contributed by atoms with Crippen molar-refractivity contribution < 1.29 is 19.3 Å². The minimum Gasteiger partial charge on any atom is -0.322 e. The van der Waals surface area contributed by atoms with Gasteiger partial charge in [0.2, 0.25) is 0 Å². The minimum absolute atomic E-state index is 0.124. The first-order valence-electron chi connectivity index (χ1n) is 6.62. The van der Waals surface area contributed by atoms with Crippen molar-refractivity contribution in [2.75, 3.05) is 5.32 Å². The summed E-state index contributed by atoms with van der Waals surface area (Å²) in [5.41, 5.74) is -0.0671. The van der Waals surface area contributed by atoms with Gasteiger partial charge in [-0.25, -0.2) is 0 Å². The number of nitrogens with one attached hydrogen (secondary N) is 2. The Morgan fingerprint density at radius 3 is 2.50 bits per heavy atom. The zero-order chi connectivity index (χ0) is 17.4. The lowest BCUT2D eigenvalue weighted by atomic mass is 10.1. The summed E-state index contributed by atoms with van der Waals surface area (Å²) in [6.45, 7) is 0. The summed E-state index contributed by atoms with van der Waals surface area (Å²) >= 11 is 5.79. The van der Waals surface area contributed by atoms with E-state index in [4.69, 9.17) is 11.6 Å². The Labute approximate surface area is 139 Å². The molecule has 3 rings (SSSR count). The molecule has 0 bridgehead atoms. The smallest absolute Gasteiger partial charge is 0.282 e. The van der Waals surface area contributed by atoms with Gasteiger partial charge in [0.05, 0.1) is 16.1 Å². The van der Waals surface area contributed by atoms with Crippen LogP contribution in [0.3, 0.4) is 0 Å². The quantitative estimate of drug-likeness (QED) is 0.503. The topological polar surface area (TPSA) is 118 Å². The lowest BCUT2D eigenvalue weighted by molar-refractivity contribution is -0.385. The molecule has 0 aliphatic carbocycles. The van der Waals surface area contributed by atoms with Crippen molar-refractivity contribution in [1.82, 2.24) is 5.32 Å². The third kappa shape index (κ3) is 2.70. The van der Waals surface area contributed by atoms with Crippen molar-refractivity contribution in [3.8, 4) is 0 Å². The summed E-state index contributed by atoms with van der Waals surface area (Å²) in [6.07, 6.45) is 0. The first kappa shape index (κ1) is 15.6. The molecule has 9 heteroatoms. The van der Waals surface area contributed by atoms with Crippen molar-refractivity contribution in [3.63, 3.8) is 0 Å². The number of halogens is 1. The number of carbonyl (C=O) groups excluding carboxylic acids is 3.